The van der Waals surface area contributed by atoms with Crippen LogP contribution in [0.1, 0.15) is 30.9 Å². The van der Waals surface area contributed by atoms with E-state index in [4.69, 9.17) is 9.47 Å². The summed E-state index contributed by atoms with van der Waals surface area (Å²) in [6, 6.07) is 10.4. The van der Waals surface area contributed by atoms with Crippen molar-refractivity contribution >= 4 is 15.9 Å². The first-order valence-electron chi connectivity index (χ1n) is 8.19. The fourth-order valence-electron chi connectivity index (χ4n) is 2.38. The van der Waals surface area contributed by atoms with E-state index in [-0.39, 0.29) is 5.82 Å². The van der Waals surface area contributed by atoms with Crippen molar-refractivity contribution in [1.29, 1.82) is 0 Å². The first-order chi connectivity index (χ1) is 11.6. The van der Waals surface area contributed by atoms with Crippen molar-refractivity contribution < 1.29 is 19.2 Å². The lowest BCUT2D eigenvalue weighted by Crippen LogP contribution is -2.82. The molecule has 0 spiro atoms. The molecular weight excluding hydrogens is 373 g/mol. The maximum Gasteiger partial charge on any atom is 0.175 e. The molecule has 0 radical (unpaired) electrons. The molecule has 24 heavy (non-hydrogen) atoms. The number of unbranched alkanes of at least 4 members (excludes halogenated alkanes) is 1. The van der Waals surface area contributed by atoms with Gasteiger partial charge in [0.2, 0.25) is 0 Å². The maximum absolute atomic E-state index is 13.0. The van der Waals surface area contributed by atoms with E-state index >= 15 is 0 Å². The van der Waals surface area contributed by atoms with Gasteiger partial charge in [0.25, 0.3) is 0 Å². The summed E-state index contributed by atoms with van der Waals surface area (Å²) in [5.41, 5.74) is 2.09. The van der Waals surface area contributed by atoms with E-state index in [0.717, 1.165) is 23.1 Å². The Kier molecular flexibility index (Phi) is 7.53. The van der Waals surface area contributed by atoms with Crippen molar-refractivity contribution in [3.05, 3.63) is 57.8 Å². The average molecular weight is 397 g/mol. The van der Waals surface area contributed by atoms with Gasteiger partial charge in [-0.3, -0.25) is 0 Å². The van der Waals surface area contributed by atoms with Gasteiger partial charge in [-0.25, -0.2) is 4.39 Å². The van der Waals surface area contributed by atoms with Crippen LogP contribution in [0.15, 0.2) is 40.9 Å². The highest BCUT2D eigenvalue weighted by Crippen LogP contribution is 2.37. The zero-order chi connectivity index (χ0) is 17.4. The monoisotopic (exact) mass is 396 g/mol. The minimum Gasteiger partial charge on any atom is -0.493 e. The molecule has 2 aromatic rings. The molecule has 0 atom stereocenters. The van der Waals surface area contributed by atoms with Crippen LogP contribution in [0.3, 0.4) is 0 Å². The molecule has 0 heterocycles. The Morgan fingerprint density at radius 2 is 1.88 bits per heavy atom. The predicted molar refractivity (Wildman–Crippen MR) is 96.8 cm³/mol. The highest BCUT2D eigenvalue weighted by molar-refractivity contribution is 9.10. The van der Waals surface area contributed by atoms with E-state index < -0.39 is 0 Å². The number of halogens is 2. The van der Waals surface area contributed by atoms with E-state index in [1.807, 2.05) is 6.07 Å². The lowest BCUT2D eigenvalue weighted by atomic mass is 10.2. The van der Waals surface area contributed by atoms with Gasteiger partial charge in [-0.1, -0.05) is 25.5 Å². The van der Waals surface area contributed by atoms with Crippen LogP contribution in [0.5, 0.6) is 11.5 Å². The number of quaternary nitrogens is 1. The van der Waals surface area contributed by atoms with Crippen LogP contribution >= 0.6 is 15.9 Å². The van der Waals surface area contributed by atoms with Gasteiger partial charge >= 0.3 is 0 Å². The molecule has 2 N–H and O–H groups in total. The molecule has 0 aliphatic heterocycles. The van der Waals surface area contributed by atoms with E-state index in [1.54, 1.807) is 19.2 Å². The number of ether oxygens (including phenoxy) is 2. The molecule has 0 saturated carbocycles. The summed E-state index contributed by atoms with van der Waals surface area (Å²) in [4.78, 5) is 0. The molecule has 0 saturated heterocycles. The van der Waals surface area contributed by atoms with E-state index in [1.165, 1.54) is 30.5 Å². The molecule has 2 aromatic carbocycles. The SMILES string of the molecule is CCCC[NH2+]Cc1cc(Br)c(OCc2ccc(F)cc2)c(OC)c1. The third-order valence-corrected chi connectivity index (χ3v) is 4.32. The lowest BCUT2D eigenvalue weighted by Gasteiger charge is -2.14. The maximum atomic E-state index is 13.0. The van der Waals surface area contributed by atoms with E-state index in [2.05, 4.69) is 34.2 Å². The Morgan fingerprint density at radius 3 is 2.54 bits per heavy atom. The van der Waals surface area contributed by atoms with Crippen molar-refractivity contribution in [2.75, 3.05) is 13.7 Å². The molecule has 2 rings (SSSR count). The highest BCUT2D eigenvalue weighted by Gasteiger charge is 2.13. The Morgan fingerprint density at radius 1 is 1.12 bits per heavy atom. The third-order valence-electron chi connectivity index (χ3n) is 3.73. The van der Waals surface area contributed by atoms with Crippen LogP contribution in [-0.2, 0) is 13.2 Å². The lowest BCUT2D eigenvalue weighted by molar-refractivity contribution is -0.670. The van der Waals surface area contributed by atoms with Gasteiger partial charge in [-0.15, -0.1) is 0 Å². The highest BCUT2D eigenvalue weighted by atomic mass is 79.9. The standard InChI is InChI=1S/C19H23BrFNO2/c1-3-4-9-22-12-15-10-17(20)19(18(11-15)23-2)24-13-14-5-7-16(21)8-6-14/h5-8,10-11,22H,3-4,9,12-13H2,1-2H3/p+1. The van der Waals surface area contributed by atoms with Gasteiger partial charge in [0.05, 0.1) is 18.1 Å². The fourth-order valence-corrected chi connectivity index (χ4v) is 2.99. The van der Waals surface area contributed by atoms with Gasteiger partial charge in [0.1, 0.15) is 19.0 Å². The van der Waals surface area contributed by atoms with Crippen molar-refractivity contribution in [3.63, 3.8) is 0 Å². The Bertz CT molecular complexity index is 647. The Labute approximate surface area is 151 Å². The summed E-state index contributed by atoms with van der Waals surface area (Å²) >= 11 is 3.57. The molecule has 0 fully saturated rings. The second-order valence-corrected chi connectivity index (χ2v) is 6.51. The summed E-state index contributed by atoms with van der Waals surface area (Å²) in [5.74, 6) is 1.12. The summed E-state index contributed by atoms with van der Waals surface area (Å²) < 4.78 is 25.2. The second-order valence-electron chi connectivity index (χ2n) is 5.66. The molecule has 0 aliphatic carbocycles. The van der Waals surface area contributed by atoms with E-state index in [9.17, 15) is 4.39 Å². The smallest absolute Gasteiger partial charge is 0.175 e. The van der Waals surface area contributed by atoms with Crippen molar-refractivity contribution in [2.45, 2.75) is 32.9 Å². The molecule has 3 nitrogen and oxygen atoms in total. The first-order valence-corrected chi connectivity index (χ1v) is 8.98. The predicted octanol–water partition coefficient (Wildman–Crippen LogP) is 4.04. The molecule has 0 bridgehead atoms. The zero-order valence-electron chi connectivity index (χ0n) is 14.1. The van der Waals surface area contributed by atoms with Crippen molar-refractivity contribution in [1.82, 2.24) is 0 Å². The number of rotatable bonds is 9. The molecule has 5 heteroatoms. The average Bonchev–Trinajstić information content (AvgIpc) is 2.59. The minimum absolute atomic E-state index is 0.249. The normalized spacial score (nSPS) is 10.7. The van der Waals surface area contributed by atoms with Crippen LogP contribution < -0.4 is 14.8 Å². The van der Waals surface area contributed by atoms with Crippen molar-refractivity contribution in [2.24, 2.45) is 0 Å². The summed E-state index contributed by atoms with van der Waals surface area (Å²) in [5, 5.41) is 2.30. The number of benzene rings is 2. The number of hydrogen-bond donors (Lipinski definition) is 1. The first kappa shape index (κ1) is 18.7. The van der Waals surface area contributed by atoms with Gasteiger partial charge in [-0.2, -0.15) is 0 Å². The number of methoxy groups -OCH3 is 1. The molecule has 130 valence electrons. The van der Waals surface area contributed by atoms with Gasteiger partial charge in [-0.05, 0) is 52.2 Å². The van der Waals surface area contributed by atoms with Gasteiger partial charge in [0.15, 0.2) is 11.5 Å². The summed E-state index contributed by atoms with van der Waals surface area (Å²) in [6.07, 6.45) is 2.43. The molecular formula is C19H24BrFNO2+. The largest absolute Gasteiger partial charge is 0.493 e. The zero-order valence-corrected chi connectivity index (χ0v) is 15.7. The van der Waals surface area contributed by atoms with Crippen LogP contribution in [0, 0.1) is 5.82 Å². The fraction of sp³-hybridized carbons (Fsp3) is 0.368. The molecule has 0 amide bonds. The third kappa shape index (κ3) is 5.49. The van der Waals surface area contributed by atoms with Crippen molar-refractivity contribution in [3.8, 4) is 11.5 Å². The molecule has 0 aromatic heterocycles. The minimum atomic E-state index is -0.249. The Balaban J connectivity index is 2.04. The van der Waals surface area contributed by atoms with Crippen LogP contribution in [0.2, 0.25) is 0 Å². The summed E-state index contributed by atoms with van der Waals surface area (Å²) in [7, 11) is 1.64. The number of nitrogens with two attached hydrogens (primary N) is 1. The Hall–Kier alpha value is -1.59. The quantitative estimate of drug-likeness (QED) is 0.649. The van der Waals surface area contributed by atoms with E-state index in [0.29, 0.717) is 18.1 Å². The van der Waals surface area contributed by atoms with Gasteiger partial charge in [0, 0.05) is 5.56 Å². The molecule has 0 unspecified atom stereocenters. The molecule has 0 aliphatic rings. The van der Waals surface area contributed by atoms with Crippen LogP contribution in [0.4, 0.5) is 4.39 Å². The van der Waals surface area contributed by atoms with Gasteiger partial charge < -0.3 is 14.8 Å². The number of hydrogen-bond acceptors (Lipinski definition) is 2. The van der Waals surface area contributed by atoms with Crippen LogP contribution in [0.25, 0.3) is 0 Å². The van der Waals surface area contributed by atoms with Crippen LogP contribution in [-0.4, -0.2) is 13.7 Å². The topological polar surface area (TPSA) is 35.1 Å². The second kappa shape index (κ2) is 9.64. The summed E-state index contributed by atoms with van der Waals surface area (Å²) in [6.45, 7) is 4.59.